The van der Waals surface area contributed by atoms with Gasteiger partial charge in [0, 0.05) is 0 Å². The van der Waals surface area contributed by atoms with Crippen molar-refractivity contribution in [3.8, 4) is 0 Å². The highest BCUT2D eigenvalue weighted by Gasteiger charge is 2.08. The van der Waals surface area contributed by atoms with E-state index in [2.05, 4.69) is 9.97 Å². The molecule has 4 heteroatoms. The maximum Gasteiger partial charge on any atom is 0.309 e. The van der Waals surface area contributed by atoms with E-state index < -0.39 is 5.97 Å². The first-order valence-corrected chi connectivity index (χ1v) is 4.03. The van der Waals surface area contributed by atoms with Crippen LogP contribution in [0, 0.1) is 20.8 Å². The second-order valence-electron chi connectivity index (χ2n) is 3.00. The fourth-order valence-electron chi connectivity index (χ4n) is 1.07. The average molecular weight is 180 g/mol. The zero-order valence-corrected chi connectivity index (χ0v) is 7.96. The SMILES string of the molecule is Cc1nc(C)c(CC(=O)O)nc1C. The van der Waals surface area contributed by atoms with E-state index in [1.807, 2.05) is 13.8 Å². The number of hydrogen-bond donors (Lipinski definition) is 1. The molecule has 0 bridgehead atoms. The topological polar surface area (TPSA) is 63.1 Å². The first-order valence-electron chi connectivity index (χ1n) is 4.03. The van der Waals surface area contributed by atoms with E-state index in [1.54, 1.807) is 6.92 Å². The van der Waals surface area contributed by atoms with E-state index in [1.165, 1.54) is 0 Å². The van der Waals surface area contributed by atoms with E-state index in [4.69, 9.17) is 5.11 Å². The van der Waals surface area contributed by atoms with Crippen LogP contribution in [0.2, 0.25) is 0 Å². The van der Waals surface area contributed by atoms with Gasteiger partial charge in [-0.05, 0) is 20.8 Å². The molecule has 0 fully saturated rings. The number of aromatic nitrogens is 2. The third-order valence-corrected chi connectivity index (χ3v) is 1.90. The van der Waals surface area contributed by atoms with Crippen molar-refractivity contribution >= 4 is 5.97 Å². The van der Waals surface area contributed by atoms with Crippen molar-refractivity contribution in [1.29, 1.82) is 0 Å². The molecule has 1 aromatic heterocycles. The summed E-state index contributed by atoms with van der Waals surface area (Å²) < 4.78 is 0. The molecule has 1 rings (SSSR count). The van der Waals surface area contributed by atoms with Gasteiger partial charge in [-0.3, -0.25) is 14.8 Å². The van der Waals surface area contributed by atoms with Crippen molar-refractivity contribution in [2.45, 2.75) is 27.2 Å². The van der Waals surface area contributed by atoms with Gasteiger partial charge in [-0.2, -0.15) is 0 Å². The monoisotopic (exact) mass is 180 g/mol. The molecule has 0 unspecified atom stereocenters. The summed E-state index contributed by atoms with van der Waals surface area (Å²) in [6, 6.07) is 0. The lowest BCUT2D eigenvalue weighted by atomic mass is 10.2. The summed E-state index contributed by atoms with van der Waals surface area (Å²) in [5.74, 6) is -0.874. The minimum absolute atomic E-state index is 0.0556. The maximum absolute atomic E-state index is 10.4. The van der Waals surface area contributed by atoms with Gasteiger partial charge in [-0.1, -0.05) is 0 Å². The Kier molecular flexibility index (Phi) is 2.60. The molecule has 70 valence electrons. The molecule has 0 saturated carbocycles. The van der Waals surface area contributed by atoms with E-state index in [0.717, 1.165) is 11.4 Å². The van der Waals surface area contributed by atoms with Crippen LogP contribution < -0.4 is 0 Å². The summed E-state index contributed by atoms with van der Waals surface area (Å²) in [6.45, 7) is 5.46. The number of hydrogen-bond acceptors (Lipinski definition) is 3. The fourth-order valence-corrected chi connectivity index (χ4v) is 1.07. The number of carboxylic acid groups (broad SMARTS) is 1. The lowest BCUT2D eigenvalue weighted by molar-refractivity contribution is -0.136. The molecule has 1 aromatic rings. The highest BCUT2D eigenvalue weighted by atomic mass is 16.4. The van der Waals surface area contributed by atoms with Gasteiger partial charge in [0.05, 0.1) is 29.2 Å². The quantitative estimate of drug-likeness (QED) is 0.738. The number of aryl methyl sites for hydroxylation is 3. The Balaban J connectivity index is 3.08. The molecule has 0 aliphatic carbocycles. The molecular weight excluding hydrogens is 168 g/mol. The third-order valence-electron chi connectivity index (χ3n) is 1.90. The highest BCUT2D eigenvalue weighted by molar-refractivity contribution is 5.69. The van der Waals surface area contributed by atoms with Crippen molar-refractivity contribution in [3.63, 3.8) is 0 Å². The van der Waals surface area contributed by atoms with Gasteiger partial charge in [0.1, 0.15) is 0 Å². The number of carboxylic acids is 1. The Morgan fingerprint density at radius 2 is 1.69 bits per heavy atom. The van der Waals surface area contributed by atoms with Crippen molar-refractivity contribution in [2.24, 2.45) is 0 Å². The zero-order valence-electron chi connectivity index (χ0n) is 7.96. The van der Waals surface area contributed by atoms with Gasteiger partial charge in [0.25, 0.3) is 0 Å². The molecule has 1 heterocycles. The summed E-state index contributed by atoms with van der Waals surface area (Å²) in [4.78, 5) is 18.8. The van der Waals surface area contributed by atoms with Crippen molar-refractivity contribution in [1.82, 2.24) is 9.97 Å². The van der Waals surface area contributed by atoms with Gasteiger partial charge in [0.2, 0.25) is 0 Å². The molecule has 0 saturated heterocycles. The van der Waals surface area contributed by atoms with E-state index in [0.29, 0.717) is 11.4 Å². The van der Waals surface area contributed by atoms with Crippen LogP contribution in [0.3, 0.4) is 0 Å². The van der Waals surface area contributed by atoms with E-state index in [9.17, 15) is 4.79 Å². The molecule has 0 spiro atoms. The number of carbonyl (C=O) groups is 1. The van der Waals surface area contributed by atoms with Crippen LogP contribution >= 0.6 is 0 Å². The summed E-state index contributed by atoms with van der Waals surface area (Å²) >= 11 is 0. The summed E-state index contributed by atoms with van der Waals surface area (Å²) in [6.07, 6.45) is -0.0556. The van der Waals surface area contributed by atoms with Crippen molar-refractivity contribution in [2.75, 3.05) is 0 Å². The predicted octanol–water partition coefficient (Wildman–Crippen LogP) is 1.03. The second-order valence-corrected chi connectivity index (χ2v) is 3.00. The van der Waals surface area contributed by atoms with Crippen LogP contribution in [0.4, 0.5) is 0 Å². The minimum atomic E-state index is -0.874. The third kappa shape index (κ3) is 2.24. The summed E-state index contributed by atoms with van der Waals surface area (Å²) in [5.41, 5.74) is 2.90. The van der Waals surface area contributed by atoms with Gasteiger partial charge in [-0.15, -0.1) is 0 Å². The Morgan fingerprint density at radius 1 is 1.15 bits per heavy atom. The summed E-state index contributed by atoms with van der Waals surface area (Å²) in [5, 5.41) is 8.58. The zero-order chi connectivity index (χ0) is 10.0. The molecule has 0 radical (unpaired) electrons. The smallest absolute Gasteiger partial charge is 0.309 e. The molecule has 13 heavy (non-hydrogen) atoms. The van der Waals surface area contributed by atoms with Gasteiger partial charge in [0.15, 0.2) is 0 Å². The van der Waals surface area contributed by atoms with Crippen LogP contribution in [0.5, 0.6) is 0 Å². The Bertz CT molecular complexity index is 348. The van der Waals surface area contributed by atoms with Crippen LogP contribution in [0.1, 0.15) is 22.8 Å². The fraction of sp³-hybridized carbons (Fsp3) is 0.444. The lowest BCUT2D eigenvalue weighted by Crippen LogP contribution is -2.08. The minimum Gasteiger partial charge on any atom is -0.481 e. The van der Waals surface area contributed by atoms with Crippen LogP contribution in [-0.4, -0.2) is 21.0 Å². The predicted molar refractivity (Wildman–Crippen MR) is 47.6 cm³/mol. The van der Waals surface area contributed by atoms with E-state index >= 15 is 0 Å². The number of aliphatic carboxylic acids is 1. The first kappa shape index (κ1) is 9.64. The molecule has 1 N–H and O–H groups in total. The van der Waals surface area contributed by atoms with Crippen LogP contribution in [0.15, 0.2) is 0 Å². The Morgan fingerprint density at radius 3 is 2.23 bits per heavy atom. The molecule has 0 aliphatic rings. The molecule has 0 aromatic carbocycles. The lowest BCUT2D eigenvalue weighted by Gasteiger charge is -2.05. The van der Waals surface area contributed by atoms with Gasteiger partial charge < -0.3 is 5.11 Å². The molecule has 4 nitrogen and oxygen atoms in total. The van der Waals surface area contributed by atoms with Crippen molar-refractivity contribution in [3.05, 3.63) is 22.8 Å². The average Bonchev–Trinajstić information content (AvgIpc) is 1.99. The van der Waals surface area contributed by atoms with Gasteiger partial charge >= 0.3 is 5.97 Å². The highest BCUT2D eigenvalue weighted by Crippen LogP contribution is 2.07. The number of nitrogens with zero attached hydrogens (tertiary/aromatic N) is 2. The van der Waals surface area contributed by atoms with Crippen LogP contribution in [0.25, 0.3) is 0 Å². The standard InChI is InChI=1S/C9H12N2O2/c1-5-6(2)11-8(4-9(12)13)7(3)10-5/h4H2,1-3H3,(H,12,13). The second kappa shape index (κ2) is 3.51. The van der Waals surface area contributed by atoms with Crippen molar-refractivity contribution < 1.29 is 9.90 Å². The first-order chi connectivity index (χ1) is 6.00. The van der Waals surface area contributed by atoms with Crippen LogP contribution in [-0.2, 0) is 11.2 Å². The molecule has 0 aliphatic heterocycles. The summed E-state index contributed by atoms with van der Waals surface area (Å²) in [7, 11) is 0. The molecular formula is C9H12N2O2. The maximum atomic E-state index is 10.4. The molecule has 0 amide bonds. The normalized spacial score (nSPS) is 10.1. The number of rotatable bonds is 2. The largest absolute Gasteiger partial charge is 0.481 e. The Hall–Kier alpha value is -1.45. The Labute approximate surface area is 76.7 Å². The molecule has 0 atom stereocenters. The van der Waals surface area contributed by atoms with Gasteiger partial charge in [-0.25, -0.2) is 0 Å². The van der Waals surface area contributed by atoms with E-state index in [-0.39, 0.29) is 6.42 Å².